The van der Waals surface area contributed by atoms with Crippen LogP contribution in [0.2, 0.25) is 0 Å². The van der Waals surface area contributed by atoms with Gasteiger partial charge < -0.3 is 9.72 Å². The van der Waals surface area contributed by atoms with Crippen molar-refractivity contribution in [1.82, 2.24) is 9.97 Å². The SMILES string of the molecule is COC(=O)c1ccc(/C=C(\C#N)c2nc3ccc(C)cc3[nH]2)cc1. The Hall–Kier alpha value is -3.39. The van der Waals surface area contributed by atoms with Gasteiger partial charge in [0.25, 0.3) is 0 Å². The molecule has 0 aliphatic carbocycles. The molecule has 0 atom stereocenters. The van der Waals surface area contributed by atoms with Crippen LogP contribution in [0.5, 0.6) is 0 Å². The van der Waals surface area contributed by atoms with Crippen LogP contribution in [0.25, 0.3) is 22.7 Å². The van der Waals surface area contributed by atoms with Crippen molar-refractivity contribution in [3.8, 4) is 6.07 Å². The summed E-state index contributed by atoms with van der Waals surface area (Å²) in [7, 11) is 1.34. The Balaban J connectivity index is 1.96. The molecule has 0 radical (unpaired) electrons. The fourth-order valence-corrected chi connectivity index (χ4v) is 2.40. The van der Waals surface area contributed by atoms with Crippen LogP contribution in [0, 0.1) is 18.3 Å². The summed E-state index contributed by atoms with van der Waals surface area (Å²) in [4.78, 5) is 19.1. The number of hydrogen-bond acceptors (Lipinski definition) is 4. The fraction of sp³-hybridized carbons (Fsp3) is 0.105. The molecule has 0 aliphatic heterocycles. The fourth-order valence-electron chi connectivity index (χ4n) is 2.40. The molecule has 118 valence electrons. The molecule has 24 heavy (non-hydrogen) atoms. The summed E-state index contributed by atoms with van der Waals surface area (Å²) in [5, 5.41) is 9.45. The van der Waals surface area contributed by atoms with Gasteiger partial charge in [-0.1, -0.05) is 18.2 Å². The van der Waals surface area contributed by atoms with Crippen LogP contribution in [0.3, 0.4) is 0 Å². The minimum Gasteiger partial charge on any atom is -0.465 e. The largest absolute Gasteiger partial charge is 0.465 e. The van der Waals surface area contributed by atoms with Crippen LogP contribution in [-0.4, -0.2) is 23.0 Å². The van der Waals surface area contributed by atoms with Crippen LogP contribution in [0.15, 0.2) is 42.5 Å². The number of esters is 1. The number of imidazole rings is 1. The Morgan fingerprint density at radius 3 is 2.67 bits per heavy atom. The number of H-pyrrole nitrogens is 1. The molecule has 3 rings (SSSR count). The Labute approximate surface area is 139 Å². The molecule has 0 bridgehead atoms. The number of aromatic amines is 1. The molecule has 0 spiro atoms. The third kappa shape index (κ3) is 3.03. The van der Waals surface area contributed by atoms with E-state index in [1.807, 2.05) is 25.1 Å². The quantitative estimate of drug-likeness (QED) is 0.590. The molecule has 0 amide bonds. The maximum Gasteiger partial charge on any atom is 0.337 e. The highest BCUT2D eigenvalue weighted by Crippen LogP contribution is 2.20. The van der Waals surface area contributed by atoms with Crippen LogP contribution >= 0.6 is 0 Å². The molecule has 0 fully saturated rings. The first kappa shape index (κ1) is 15.5. The van der Waals surface area contributed by atoms with Crippen LogP contribution in [-0.2, 0) is 4.74 Å². The summed E-state index contributed by atoms with van der Waals surface area (Å²) in [6.45, 7) is 2.00. The van der Waals surface area contributed by atoms with Crippen LogP contribution in [0.4, 0.5) is 0 Å². The Morgan fingerprint density at radius 1 is 1.25 bits per heavy atom. The number of methoxy groups -OCH3 is 1. The lowest BCUT2D eigenvalue weighted by Crippen LogP contribution is -2.00. The predicted octanol–water partition coefficient (Wildman–Crippen LogP) is 3.72. The maximum absolute atomic E-state index is 11.4. The van der Waals surface area contributed by atoms with E-state index in [4.69, 9.17) is 0 Å². The van der Waals surface area contributed by atoms with Gasteiger partial charge >= 0.3 is 5.97 Å². The number of rotatable bonds is 3. The third-order valence-electron chi connectivity index (χ3n) is 3.66. The number of aryl methyl sites for hydroxylation is 1. The molecule has 0 unspecified atom stereocenters. The van der Waals surface area contributed by atoms with E-state index in [0.29, 0.717) is 17.0 Å². The normalized spacial score (nSPS) is 11.3. The average molecular weight is 317 g/mol. The van der Waals surface area contributed by atoms with E-state index in [1.165, 1.54) is 7.11 Å². The van der Waals surface area contributed by atoms with E-state index in [0.717, 1.165) is 22.2 Å². The van der Waals surface area contributed by atoms with Crippen molar-refractivity contribution in [2.24, 2.45) is 0 Å². The van der Waals surface area contributed by atoms with Crippen molar-refractivity contribution < 1.29 is 9.53 Å². The van der Waals surface area contributed by atoms with Gasteiger partial charge in [-0.3, -0.25) is 0 Å². The highest BCUT2D eigenvalue weighted by molar-refractivity contribution is 5.92. The Morgan fingerprint density at radius 2 is 2.00 bits per heavy atom. The lowest BCUT2D eigenvalue weighted by Gasteiger charge is -2.00. The van der Waals surface area contributed by atoms with Crippen molar-refractivity contribution >= 4 is 28.7 Å². The standard InChI is InChI=1S/C19H15N3O2/c1-12-3-8-16-17(9-12)22-18(21-16)15(11-20)10-13-4-6-14(7-5-13)19(23)24-2/h3-10H,1-2H3,(H,21,22)/b15-10+. The summed E-state index contributed by atoms with van der Waals surface area (Å²) < 4.78 is 4.67. The molecule has 0 saturated carbocycles. The van der Waals surface area contributed by atoms with Gasteiger partial charge in [-0.15, -0.1) is 0 Å². The Bertz CT molecular complexity index is 976. The zero-order chi connectivity index (χ0) is 17.1. The van der Waals surface area contributed by atoms with E-state index < -0.39 is 5.97 Å². The summed E-state index contributed by atoms with van der Waals surface area (Å²) >= 11 is 0. The number of carbonyl (C=O) groups is 1. The van der Waals surface area contributed by atoms with Crippen LogP contribution < -0.4 is 0 Å². The van der Waals surface area contributed by atoms with Gasteiger partial charge in [0.15, 0.2) is 0 Å². The number of nitrogens with one attached hydrogen (secondary N) is 1. The van der Waals surface area contributed by atoms with Gasteiger partial charge in [0.05, 0.1) is 29.3 Å². The summed E-state index contributed by atoms with van der Waals surface area (Å²) in [5.41, 5.74) is 4.53. The molecule has 5 heteroatoms. The van der Waals surface area contributed by atoms with Gasteiger partial charge in [-0.2, -0.15) is 5.26 Å². The molecule has 0 aliphatic rings. The number of nitriles is 1. The molecule has 1 N–H and O–H groups in total. The first-order valence-corrected chi connectivity index (χ1v) is 7.37. The van der Waals surface area contributed by atoms with E-state index in [-0.39, 0.29) is 0 Å². The van der Waals surface area contributed by atoms with Crippen molar-refractivity contribution in [1.29, 1.82) is 5.26 Å². The summed E-state index contributed by atoms with van der Waals surface area (Å²) in [6, 6.07) is 14.9. The number of ether oxygens (including phenoxy) is 1. The lowest BCUT2D eigenvalue weighted by atomic mass is 10.1. The van der Waals surface area contributed by atoms with Gasteiger partial charge in [0, 0.05) is 0 Å². The lowest BCUT2D eigenvalue weighted by molar-refractivity contribution is 0.0600. The second-order valence-electron chi connectivity index (χ2n) is 5.39. The van der Waals surface area contributed by atoms with E-state index in [9.17, 15) is 10.1 Å². The molecule has 3 aromatic rings. The zero-order valence-electron chi connectivity index (χ0n) is 13.3. The third-order valence-corrected chi connectivity index (χ3v) is 3.66. The maximum atomic E-state index is 11.4. The second kappa shape index (κ2) is 6.39. The molecule has 0 saturated heterocycles. The molecule has 1 aromatic heterocycles. The van der Waals surface area contributed by atoms with Crippen molar-refractivity contribution in [3.63, 3.8) is 0 Å². The van der Waals surface area contributed by atoms with Crippen molar-refractivity contribution in [2.75, 3.05) is 7.11 Å². The Kier molecular flexibility index (Phi) is 4.13. The van der Waals surface area contributed by atoms with Crippen molar-refractivity contribution in [3.05, 3.63) is 65.0 Å². The highest BCUT2D eigenvalue weighted by atomic mass is 16.5. The first-order valence-electron chi connectivity index (χ1n) is 7.37. The number of nitrogens with zero attached hydrogens (tertiary/aromatic N) is 2. The first-order chi connectivity index (χ1) is 11.6. The van der Waals surface area contributed by atoms with Gasteiger partial charge in [0.1, 0.15) is 11.9 Å². The average Bonchev–Trinajstić information content (AvgIpc) is 3.02. The number of allylic oxidation sites excluding steroid dienone is 1. The smallest absolute Gasteiger partial charge is 0.337 e. The highest BCUT2D eigenvalue weighted by Gasteiger charge is 2.09. The summed E-state index contributed by atoms with van der Waals surface area (Å²) in [5.74, 6) is 0.133. The van der Waals surface area contributed by atoms with Crippen molar-refractivity contribution in [2.45, 2.75) is 6.92 Å². The zero-order valence-corrected chi connectivity index (χ0v) is 13.3. The minimum atomic E-state index is -0.390. The topological polar surface area (TPSA) is 78.8 Å². The number of aromatic nitrogens is 2. The number of benzene rings is 2. The summed E-state index contributed by atoms with van der Waals surface area (Å²) in [6.07, 6.45) is 1.73. The monoisotopic (exact) mass is 317 g/mol. The minimum absolute atomic E-state index is 0.390. The van der Waals surface area contributed by atoms with E-state index >= 15 is 0 Å². The van der Waals surface area contributed by atoms with Gasteiger partial charge in [0.2, 0.25) is 0 Å². The number of fused-ring (bicyclic) bond motifs is 1. The number of hydrogen-bond donors (Lipinski definition) is 1. The van der Waals surface area contributed by atoms with E-state index in [1.54, 1.807) is 30.3 Å². The molecular weight excluding hydrogens is 302 g/mol. The second-order valence-corrected chi connectivity index (χ2v) is 5.39. The predicted molar refractivity (Wildman–Crippen MR) is 92.1 cm³/mol. The molecular formula is C19H15N3O2. The van der Waals surface area contributed by atoms with Crippen LogP contribution in [0.1, 0.15) is 27.3 Å². The van der Waals surface area contributed by atoms with Gasteiger partial charge in [-0.05, 0) is 48.4 Å². The number of carbonyl (C=O) groups excluding carboxylic acids is 1. The molecule has 2 aromatic carbocycles. The molecule has 5 nitrogen and oxygen atoms in total. The molecule has 1 heterocycles. The van der Waals surface area contributed by atoms with E-state index in [2.05, 4.69) is 20.8 Å². The van der Waals surface area contributed by atoms with Gasteiger partial charge in [-0.25, -0.2) is 9.78 Å².